The third-order valence-corrected chi connectivity index (χ3v) is 1.54. The molecular formula is C9H20N2O. The highest BCUT2D eigenvalue weighted by atomic mass is 16.1. The van der Waals surface area contributed by atoms with Crippen LogP contribution in [0.15, 0.2) is 0 Å². The molecule has 12 heavy (non-hydrogen) atoms. The summed E-state index contributed by atoms with van der Waals surface area (Å²) >= 11 is 0. The average Bonchev–Trinajstić information content (AvgIpc) is 1.84. The summed E-state index contributed by atoms with van der Waals surface area (Å²) in [6.07, 6.45) is 0. The van der Waals surface area contributed by atoms with Crippen molar-refractivity contribution in [2.45, 2.75) is 26.8 Å². The lowest BCUT2D eigenvalue weighted by molar-refractivity contribution is -0.117. The van der Waals surface area contributed by atoms with Crippen molar-refractivity contribution in [3.05, 3.63) is 0 Å². The third kappa shape index (κ3) is 7.69. The number of rotatable bonds is 6. The van der Waals surface area contributed by atoms with Crippen LogP contribution in [0.2, 0.25) is 0 Å². The number of hydrogen-bond donors (Lipinski definition) is 1. The minimum absolute atomic E-state index is 0.224. The molecule has 0 aliphatic heterocycles. The van der Waals surface area contributed by atoms with Gasteiger partial charge in [-0.05, 0) is 14.0 Å². The van der Waals surface area contributed by atoms with Crippen LogP contribution in [-0.2, 0) is 4.79 Å². The van der Waals surface area contributed by atoms with E-state index in [1.807, 2.05) is 11.9 Å². The van der Waals surface area contributed by atoms with E-state index in [-0.39, 0.29) is 5.78 Å². The van der Waals surface area contributed by atoms with E-state index in [1.54, 1.807) is 6.92 Å². The molecule has 0 saturated heterocycles. The molecule has 0 heterocycles. The first-order valence-electron chi connectivity index (χ1n) is 4.43. The highest BCUT2D eigenvalue weighted by Crippen LogP contribution is 1.82. The molecule has 0 spiro atoms. The van der Waals surface area contributed by atoms with Crippen molar-refractivity contribution in [1.82, 2.24) is 10.2 Å². The predicted molar refractivity (Wildman–Crippen MR) is 51.3 cm³/mol. The van der Waals surface area contributed by atoms with Gasteiger partial charge in [-0.15, -0.1) is 0 Å². The van der Waals surface area contributed by atoms with Gasteiger partial charge in [-0.2, -0.15) is 0 Å². The average molecular weight is 172 g/mol. The van der Waals surface area contributed by atoms with Crippen molar-refractivity contribution in [2.75, 3.05) is 26.7 Å². The number of nitrogens with zero attached hydrogens (tertiary/aromatic N) is 1. The molecule has 0 atom stereocenters. The lowest BCUT2D eigenvalue weighted by atomic mass is 10.3. The fourth-order valence-corrected chi connectivity index (χ4v) is 1.00. The van der Waals surface area contributed by atoms with Crippen LogP contribution in [0.5, 0.6) is 0 Å². The lowest BCUT2D eigenvalue weighted by Crippen LogP contribution is -2.34. The molecule has 72 valence electrons. The van der Waals surface area contributed by atoms with Gasteiger partial charge in [0.1, 0.15) is 5.78 Å². The molecule has 0 unspecified atom stereocenters. The van der Waals surface area contributed by atoms with E-state index in [2.05, 4.69) is 19.2 Å². The van der Waals surface area contributed by atoms with Crippen LogP contribution >= 0.6 is 0 Å². The fourth-order valence-electron chi connectivity index (χ4n) is 1.00. The summed E-state index contributed by atoms with van der Waals surface area (Å²) in [7, 11) is 1.96. The number of Topliss-reactive ketones (excluding diaryl/α,β-unsaturated/α-hetero) is 1. The molecule has 3 nitrogen and oxygen atoms in total. The molecule has 0 aromatic rings. The smallest absolute Gasteiger partial charge is 0.143 e. The van der Waals surface area contributed by atoms with Crippen molar-refractivity contribution < 1.29 is 4.79 Å². The number of ketones is 1. The first-order valence-corrected chi connectivity index (χ1v) is 4.43. The molecule has 0 radical (unpaired) electrons. The number of carbonyl (C=O) groups excluding carboxylic acids is 1. The van der Waals surface area contributed by atoms with E-state index in [1.165, 1.54) is 0 Å². The molecule has 0 aromatic carbocycles. The van der Waals surface area contributed by atoms with Crippen LogP contribution < -0.4 is 5.32 Å². The van der Waals surface area contributed by atoms with Crippen LogP contribution in [0.1, 0.15) is 20.8 Å². The number of carbonyl (C=O) groups is 1. The molecule has 0 aromatic heterocycles. The summed E-state index contributed by atoms with van der Waals surface area (Å²) < 4.78 is 0. The molecule has 0 rings (SSSR count). The third-order valence-electron chi connectivity index (χ3n) is 1.54. The molecule has 0 bridgehead atoms. The van der Waals surface area contributed by atoms with E-state index in [4.69, 9.17) is 0 Å². The Morgan fingerprint density at radius 1 is 1.50 bits per heavy atom. The zero-order valence-electron chi connectivity index (χ0n) is 8.55. The minimum atomic E-state index is 0.224. The molecular weight excluding hydrogens is 152 g/mol. The van der Waals surface area contributed by atoms with Gasteiger partial charge in [0.25, 0.3) is 0 Å². The van der Waals surface area contributed by atoms with Crippen molar-refractivity contribution in [2.24, 2.45) is 0 Å². The van der Waals surface area contributed by atoms with Gasteiger partial charge in [-0.25, -0.2) is 0 Å². The monoisotopic (exact) mass is 172 g/mol. The van der Waals surface area contributed by atoms with Gasteiger partial charge < -0.3 is 5.32 Å². The lowest BCUT2D eigenvalue weighted by Gasteiger charge is -2.16. The molecule has 0 saturated carbocycles. The molecule has 0 fully saturated rings. The number of nitrogens with one attached hydrogen (secondary N) is 1. The van der Waals surface area contributed by atoms with Crippen LogP contribution in [0.25, 0.3) is 0 Å². The SMILES string of the molecule is CC(=O)CN(C)CCNC(C)C. The molecule has 0 aliphatic rings. The van der Waals surface area contributed by atoms with E-state index in [0.717, 1.165) is 13.1 Å². The van der Waals surface area contributed by atoms with Gasteiger partial charge in [0.05, 0.1) is 6.54 Å². The Morgan fingerprint density at radius 2 is 2.08 bits per heavy atom. The van der Waals surface area contributed by atoms with Gasteiger partial charge in [-0.1, -0.05) is 13.8 Å². The van der Waals surface area contributed by atoms with Crippen LogP contribution in [0.4, 0.5) is 0 Å². The normalized spacial score (nSPS) is 11.2. The van der Waals surface area contributed by atoms with Crippen molar-refractivity contribution in [3.8, 4) is 0 Å². The Bertz CT molecular complexity index is 134. The first-order chi connectivity index (χ1) is 5.52. The summed E-state index contributed by atoms with van der Waals surface area (Å²) in [5, 5.41) is 3.30. The maximum absolute atomic E-state index is 10.7. The highest BCUT2D eigenvalue weighted by molar-refractivity contribution is 5.77. The maximum Gasteiger partial charge on any atom is 0.143 e. The Balaban J connectivity index is 3.31. The number of likely N-dealkylation sites (N-methyl/N-ethyl adjacent to an activating group) is 1. The minimum Gasteiger partial charge on any atom is -0.313 e. The Morgan fingerprint density at radius 3 is 2.50 bits per heavy atom. The van der Waals surface area contributed by atoms with Crippen molar-refractivity contribution >= 4 is 5.78 Å². The summed E-state index contributed by atoms with van der Waals surface area (Å²) in [5.41, 5.74) is 0. The maximum atomic E-state index is 10.7. The second kappa shape index (κ2) is 6.14. The van der Waals surface area contributed by atoms with Gasteiger partial charge in [0, 0.05) is 19.1 Å². The standard InChI is InChI=1S/C9H20N2O/c1-8(2)10-5-6-11(4)7-9(3)12/h8,10H,5-7H2,1-4H3. The highest BCUT2D eigenvalue weighted by Gasteiger charge is 2.00. The first kappa shape index (κ1) is 11.6. The quantitative estimate of drug-likeness (QED) is 0.633. The molecule has 1 N–H and O–H groups in total. The van der Waals surface area contributed by atoms with Crippen LogP contribution in [0.3, 0.4) is 0 Å². The molecule has 0 amide bonds. The van der Waals surface area contributed by atoms with E-state index < -0.39 is 0 Å². The van der Waals surface area contributed by atoms with Crippen LogP contribution in [-0.4, -0.2) is 43.4 Å². The summed E-state index contributed by atoms with van der Waals surface area (Å²) in [4.78, 5) is 12.7. The Labute approximate surface area is 75.1 Å². The van der Waals surface area contributed by atoms with Crippen molar-refractivity contribution in [1.29, 1.82) is 0 Å². The second-order valence-electron chi connectivity index (χ2n) is 3.55. The van der Waals surface area contributed by atoms with E-state index >= 15 is 0 Å². The summed E-state index contributed by atoms with van der Waals surface area (Å²) in [6, 6.07) is 0.524. The largest absolute Gasteiger partial charge is 0.313 e. The van der Waals surface area contributed by atoms with Gasteiger partial charge in [0.2, 0.25) is 0 Å². The zero-order valence-corrected chi connectivity index (χ0v) is 8.55. The topological polar surface area (TPSA) is 32.3 Å². The predicted octanol–water partition coefficient (Wildman–Crippen LogP) is 0.505. The molecule has 3 heteroatoms. The summed E-state index contributed by atoms with van der Waals surface area (Å²) in [5.74, 6) is 0.224. The summed E-state index contributed by atoms with van der Waals surface area (Å²) in [6.45, 7) is 8.28. The van der Waals surface area contributed by atoms with E-state index in [9.17, 15) is 4.79 Å². The Kier molecular flexibility index (Phi) is 5.93. The van der Waals surface area contributed by atoms with Crippen molar-refractivity contribution in [3.63, 3.8) is 0 Å². The fraction of sp³-hybridized carbons (Fsp3) is 0.889. The zero-order chi connectivity index (χ0) is 9.56. The van der Waals surface area contributed by atoms with Crippen LogP contribution in [0, 0.1) is 0 Å². The van der Waals surface area contributed by atoms with Gasteiger partial charge in [-0.3, -0.25) is 9.69 Å². The Hall–Kier alpha value is -0.410. The van der Waals surface area contributed by atoms with Gasteiger partial charge in [0.15, 0.2) is 0 Å². The van der Waals surface area contributed by atoms with E-state index in [0.29, 0.717) is 12.6 Å². The van der Waals surface area contributed by atoms with Gasteiger partial charge >= 0.3 is 0 Å². The number of hydrogen-bond acceptors (Lipinski definition) is 3. The molecule has 0 aliphatic carbocycles. The second-order valence-corrected chi connectivity index (χ2v) is 3.55.